The van der Waals surface area contributed by atoms with Crippen molar-refractivity contribution in [2.75, 3.05) is 0 Å². The molecule has 0 amide bonds. The number of rotatable bonds is 5. The lowest BCUT2D eigenvalue weighted by atomic mass is 10.1. The van der Waals surface area contributed by atoms with Crippen molar-refractivity contribution in [1.82, 2.24) is 30.0 Å². The van der Waals surface area contributed by atoms with E-state index in [9.17, 15) is 0 Å². The van der Waals surface area contributed by atoms with Crippen LogP contribution < -0.4 is 0 Å². The topological polar surface area (TPSA) is 61.4 Å². The maximum absolute atomic E-state index is 6.58. The van der Waals surface area contributed by atoms with Crippen LogP contribution in [0.3, 0.4) is 0 Å². The lowest BCUT2D eigenvalue weighted by Crippen LogP contribution is -2.03. The second-order valence-corrected chi connectivity index (χ2v) is 6.23. The molecule has 0 fully saturated rings. The first-order valence-electron chi connectivity index (χ1n) is 8.40. The third kappa shape index (κ3) is 3.11. The maximum Gasteiger partial charge on any atom is 0.209 e. The molecule has 0 N–H and O–H groups in total. The Kier molecular flexibility index (Phi) is 4.50. The largest absolute Gasteiger partial charge is 0.221 e. The van der Waals surface area contributed by atoms with Gasteiger partial charge in [0, 0.05) is 0 Å². The summed E-state index contributed by atoms with van der Waals surface area (Å²) in [7, 11) is 0. The van der Waals surface area contributed by atoms with Gasteiger partial charge in [-0.15, -0.1) is 10.2 Å². The van der Waals surface area contributed by atoms with Crippen LogP contribution in [0.1, 0.15) is 18.1 Å². The van der Waals surface area contributed by atoms with Crippen LogP contribution in [-0.2, 0) is 13.0 Å². The summed E-state index contributed by atoms with van der Waals surface area (Å²) in [4.78, 5) is 1.55. The summed E-state index contributed by atoms with van der Waals surface area (Å²) in [5.41, 5.74) is 3.90. The van der Waals surface area contributed by atoms with E-state index in [2.05, 4.69) is 33.5 Å². The Balaban J connectivity index is 1.65. The lowest BCUT2D eigenvalue weighted by molar-refractivity contribution is 0.573. The molecule has 0 saturated heterocycles. The highest BCUT2D eigenvalue weighted by Crippen LogP contribution is 2.28. The van der Waals surface area contributed by atoms with Crippen molar-refractivity contribution in [2.24, 2.45) is 0 Å². The van der Waals surface area contributed by atoms with E-state index in [1.54, 1.807) is 15.7 Å². The van der Waals surface area contributed by atoms with Crippen LogP contribution in [0.15, 0.2) is 60.8 Å². The number of nitrogens with zero attached hydrogens (tertiary/aromatic N) is 6. The van der Waals surface area contributed by atoms with Crippen molar-refractivity contribution in [3.63, 3.8) is 0 Å². The number of aromatic nitrogens is 6. The molecule has 0 spiro atoms. The number of aryl methyl sites for hydroxylation is 1. The van der Waals surface area contributed by atoms with E-state index in [4.69, 9.17) is 11.6 Å². The first-order valence-corrected chi connectivity index (χ1v) is 8.78. The molecule has 26 heavy (non-hydrogen) atoms. The Bertz CT molecular complexity index is 1020. The zero-order chi connectivity index (χ0) is 17.9. The fraction of sp³-hybridized carbons (Fsp3) is 0.158. The molecule has 0 aliphatic heterocycles. The van der Waals surface area contributed by atoms with E-state index >= 15 is 0 Å². The first-order chi connectivity index (χ1) is 12.8. The Labute approximate surface area is 156 Å². The molecule has 4 aromatic rings. The predicted molar refractivity (Wildman–Crippen MR) is 100 cm³/mol. The Morgan fingerprint density at radius 2 is 1.77 bits per heavy atom. The molecule has 0 unspecified atom stereocenters. The van der Waals surface area contributed by atoms with Gasteiger partial charge in [0.05, 0.1) is 24.0 Å². The van der Waals surface area contributed by atoms with Crippen molar-refractivity contribution in [3.05, 3.63) is 77.1 Å². The molecule has 7 heteroatoms. The minimum atomic E-state index is 0.464. The summed E-state index contributed by atoms with van der Waals surface area (Å²) in [6, 6.07) is 18.1. The first kappa shape index (κ1) is 16.5. The average Bonchev–Trinajstić information content (AvgIpc) is 3.29. The van der Waals surface area contributed by atoms with Gasteiger partial charge in [-0.1, -0.05) is 67.1 Å². The van der Waals surface area contributed by atoms with Crippen LogP contribution in [0.2, 0.25) is 5.15 Å². The highest BCUT2D eigenvalue weighted by molar-refractivity contribution is 6.32. The van der Waals surface area contributed by atoms with Crippen LogP contribution in [0.25, 0.3) is 17.1 Å². The minimum absolute atomic E-state index is 0.464. The summed E-state index contributed by atoms with van der Waals surface area (Å²) >= 11 is 6.58. The van der Waals surface area contributed by atoms with E-state index in [-0.39, 0.29) is 0 Å². The second-order valence-electron chi connectivity index (χ2n) is 5.87. The molecule has 0 saturated carbocycles. The minimum Gasteiger partial charge on any atom is -0.221 e. The highest BCUT2D eigenvalue weighted by atomic mass is 35.5. The van der Waals surface area contributed by atoms with E-state index in [0.29, 0.717) is 23.1 Å². The molecular formula is C19H17ClN6. The number of tetrazole rings is 1. The monoisotopic (exact) mass is 364 g/mol. The van der Waals surface area contributed by atoms with Gasteiger partial charge in [0.2, 0.25) is 5.82 Å². The molecule has 0 atom stereocenters. The van der Waals surface area contributed by atoms with Gasteiger partial charge in [-0.25, -0.2) is 4.68 Å². The smallest absolute Gasteiger partial charge is 0.209 e. The van der Waals surface area contributed by atoms with Crippen molar-refractivity contribution in [2.45, 2.75) is 19.9 Å². The fourth-order valence-corrected chi connectivity index (χ4v) is 3.10. The Hall–Kier alpha value is -2.99. The van der Waals surface area contributed by atoms with E-state index in [1.807, 2.05) is 48.5 Å². The predicted octanol–water partition coefficient (Wildman–Crippen LogP) is 3.79. The van der Waals surface area contributed by atoms with E-state index in [1.165, 1.54) is 5.56 Å². The summed E-state index contributed by atoms with van der Waals surface area (Å²) in [5.74, 6) is 0.464. The Morgan fingerprint density at radius 1 is 1.00 bits per heavy atom. The molecule has 0 aliphatic rings. The molecule has 130 valence electrons. The van der Waals surface area contributed by atoms with Crippen LogP contribution in [0.4, 0.5) is 0 Å². The van der Waals surface area contributed by atoms with Crippen molar-refractivity contribution >= 4 is 11.6 Å². The molecule has 0 bridgehead atoms. The number of hydrogen-bond acceptors (Lipinski definition) is 4. The second kappa shape index (κ2) is 7.09. The summed E-state index contributed by atoms with van der Waals surface area (Å²) in [6.07, 6.45) is 2.58. The fourth-order valence-electron chi connectivity index (χ4n) is 2.83. The van der Waals surface area contributed by atoms with Gasteiger partial charge in [0.1, 0.15) is 5.15 Å². The molecule has 2 aromatic carbocycles. The summed E-state index contributed by atoms with van der Waals surface area (Å²) in [5, 5.41) is 17.6. The third-order valence-corrected chi connectivity index (χ3v) is 4.54. The number of para-hydroxylation sites is 1. The molecule has 2 aromatic heterocycles. The molecule has 0 aliphatic carbocycles. The number of hydrogen-bond donors (Lipinski definition) is 0. The van der Waals surface area contributed by atoms with Gasteiger partial charge < -0.3 is 0 Å². The highest BCUT2D eigenvalue weighted by Gasteiger charge is 2.17. The summed E-state index contributed by atoms with van der Waals surface area (Å²) < 4.78 is 1.72. The molecular weight excluding hydrogens is 348 g/mol. The van der Waals surface area contributed by atoms with Crippen LogP contribution in [0, 0.1) is 0 Å². The molecule has 0 radical (unpaired) electrons. The van der Waals surface area contributed by atoms with Crippen LogP contribution in [-0.4, -0.2) is 30.0 Å². The van der Waals surface area contributed by atoms with Crippen molar-refractivity contribution in [1.29, 1.82) is 0 Å². The van der Waals surface area contributed by atoms with Gasteiger partial charge >= 0.3 is 0 Å². The lowest BCUT2D eigenvalue weighted by Gasteiger charge is -2.08. The van der Waals surface area contributed by atoms with Gasteiger partial charge in [0.15, 0.2) is 0 Å². The molecule has 4 rings (SSSR count). The van der Waals surface area contributed by atoms with Gasteiger partial charge in [-0.3, -0.25) is 0 Å². The average molecular weight is 365 g/mol. The number of halogens is 1. The van der Waals surface area contributed by atoms with Gasteiger partial charge in [-0.2, -0.15) is 9.90 Å². The molecule has 6 nitrogen and oxygen atoms in total. The van der Waals surface area contributed by atoms with Crippen molar-refractivity contribution < 1.29 is 0 Å². The SMILES string of the molecule is CCc1ccccc1-n1ncc(-c2nnn(Cc3ccccc3)n2)c1Cl. The van der Waals surface area contributed by atoms with Gasteiger partial charge in [-0.05, 0) is 28.8 Å². The maximum atomic E-state index is 6.58. The summed E-state index contributed by atoms with van der Waals surface area (Å²) in [6.45, 7) is 2.66. The normalized spacial score (nSPS) is 11.0. The Morgan fingerprint density at radius 3 is 2.58 bits per heavy atom. The van der Waals surface area contributed by atoms with Crippen molar-refractivity contribution in [3.8, 4) is 17.1 Å². The van der Waals surface area contributed by atoms with Gasteiger partial charge in [0.25, 0.3) is 0 Å². The van der Waals surface area contributed by atoms with E-state index < -0.39 is 0 Å². The third-order valence-electron chi connectivity index (χ3n) is 4.17. The standard InChI is InChI=1S/C19H17ClN6/c1-2-15-10-6-7-11-17(15)26-18(20)16(12-21-26)19-22-24-25(23-19)13-14-8-4-3-5-9-14/h3-12H,2,13H2,1H3. The zero-order valence-electron chi connectivity index (χ0n) is 14.2. The molecule has 2 heterocycles. The van der Waals surface area contributed by atoms with Crippen LogP contribution in [0.5, 0.6) is 0 Å². The van der Waals surface area contributed by atoms with E-state index in [0.717, 1.165) is 17.7 Å². The number of benzene rings is 2. The van der Waals surface area contributed by atoms with Crippen LogP contribution >= 0.6 is 11.6 Å². The zero-order valence-corrected chi connectivity index (χ0v) is 15.0. The quantitative estimate of drug-likeness (QED) is 0.540.